The van der Waals surface area contributed by atoms with Crippen LogP contribution in [-0.2, 0) is 14.4 Å². The fraction of sp³-hybridized carbons (Fsp3) is 0.769. The molecule has 0 radical (unpaired) electrons. The Bertz CT molecular complexity index is 357. The number of likely N-dealkylation sites (tertiary alicyclic amines) is 1. The van der Waals surface area contributed by atoms with E-state index in [1.165, 1.54) is 11.8 Å². The molecule has 1 atom stereocenters. The van der Waals surface area contributed by atoms with Crippen molar-refractivity contribution in [3.8, 4) is 0 Å². The molecule has 1 unspecified atom stereocenters. The third-order valence-corrected chi connectivity index (χ3v) is 3.32. The lowest BCUT2D eigenvalue weighted by atomic mass is 10.0. The van der Waals surface area contributed by atoms with Crippen LogP contribution in [0.25, 0.3) is 0 Å². The van der Waals surface area contributed by atoms with E-state index in [-0.39, 0.29) is 18.4 Å². The van der Waals surface area contributed by atoms with Crippen molar-refractivity contribution in [1.82, 2.24) is 9.80 Å². The summed E-state index contributed by atoms with van der Waals surface area (Å²) in [4.78, 5) is 37.7. The number of nitrogens with zero attached hydrogens (tertiary/aromatic N) is 2. The number of hydrogen-bond acceptors (Lipinski definition) is 3. The molecule has 1 fully saturated rings. The van der Waals surface area contributed by atoms with E-state index in [4.69, 9.17) is 5.11 Å². The average molecular weight is 270 g/mol. The minimum atomic E-state index is -1.02. The van der Waals surface area contributed by atoms with Gasteiger partial charge in [0.1, 0.15) is 12.6 Å². The Morgan fingerprint density at radius 1 is 1.32 bits per heavy atom. The summed E-state index contributed by atoms with van der Waals surface area (Å²) in [7, 11) is 0. The molecule has 6 nitrogen and oxygen atoms in total. The molecule has 1 saturated heterocycles. The molecule has 0 spiro atoms. The second kappa shape index (κ2) is 7.11. The van der Waals surface area contributed by atoms with E-state index >= 15 is 0 Å². The Hall–Kier alpha value is -1.59. The van der Waals surface area contributed by atoms with E-state index in [0.717, 1.165) is 12.8 Å². The largest absolute Gasteiger partial charge is 0.480 e. The van der Waals surface area contributed by atoms with Gasteiger partial charge in [-0.25, -0.2) is 0 Å². The van der Waals surface area contributed by atoms with Crippen LogP contribution in [-0.4, -0.2) is 58.4 Å². The molecule has 6 heteroatoms. The zero-order valence-electron chi connectivity index (χ0n) is 11.6. The number of carbonyl (C=O) groups excluding carboxylic acids is 2. The Balaban J connectivity index is 2.80. The van der Waals surface area contributed by atoms with Crippen molar-refractivity contribution in [2.45, 2.75) is 45.6 Å². The predicted molar refractivity (Wildman–Crippen MR) is 69.5 cm³/mol. The van der Waals surface area contributed by atoms with Gasteiger partial charge >= 0.3 is 5.97 Å². The van der Waals surface area contributed by atoms with Gasteiger partial charge in [-0.2, -0.15) is 0 Å². The molecule has 2 amide bonds. The molecular weight excluding hydrogens is 248 g/mol. The fourth-order valence-electron chi connectivity index (χ4n) is 2.48. The van der Waals surface area contributed by atoms with Gasteiger partial charge in [-0.05, 0) is 25.7 Å². The van der Waals surface area contributed by atoms with Crippen LogP contribution in [0, 0.1) is 0 Å². The van der Waals surface area contributed by atoms with E-state index in [9.17, 15) is 14.4 Å². The topological polar surface area (TPSA) is 77.9 Å². The zero-order valence-corrected chi connectivity index (χ0v) is 11.6. The molecule has 1 aliphatic rings. The highest BCUT2D eigenvalue weighted by atomic mass is 16.4. The van der Waals surface area contributed by atoms with Crippen LogP contribution in [0.2, 0.25) is 0 Å². The van der Waals surface area contributed by atoms with Crippen molar-refractivity contribution in [3.63, 3.8) is 0 Å². The number of carboxylic acids is 1. The van der Waals surface area contributed by atoms with Gasteiger partial charge < -0.3 is 14.9 Å². The van der Waals surface area contributed by atoms with Gasteiger partial charge in [0, 0.05) is 20.0 Å². The van der Waals surface area contributed by atoms with Crippen LogP contribution in [0.15, 0.2) is 0 Å². The smallest absolute Gasteiger partial charge is 0.323 e. The number of amides is 2. The van der Waals surface area contributed by atoms with Crippen LogP contribution in [0.3, 0.4) is 0 Å². The van der Waals surface area contributed by atoms with Gasteiger partial charge in [-0.15, -0.1) is 0 Å². The first kappa shape index (κ1) is 15.5. The summed E-state index contributed by atoms with van der Waals surface area (Å²) in [6.45, 7) is 4.04. The number of carboxylic acid groups (broad SMARTS) is 1. The number of piperidine rings is 1. The molecule has 1 N–H and O–H groups in total. The monoisotopic (exact) mass is 270 g/mol. The Morgan fingerprint density at radius 3 is 2.53 bits per heavy atom. The van der Waals surface area contributed by atoms with Crippen LogP contribution < -0.4 is 0 Å². The fourth-order valence-corrected chi connectivity index (χ4v) is 2.48. The molecule has 0 aromatic rings. The van der Waals surface area contributed by atoms with Gasteiger partial charge in [0.15, 0.2) is 0 Å². The molecule has 0 bridgehead atoms. The highest BCUT2D eigenvalue weighted by Crippen LogP contribution is 2.19. The van der Waals surface area contributed by atoms with Gasteiger partial charge in [0.25, 0.3) is 0 Å². The Morgan fingerprint density at radius 2 is 2.00 bits per heavy atom. The van der Waals surface area contributed by atoms with E-state index < -0.39 is 12.0 Å². The summed E-state index contributed by atoms with van der Waals surface area (Å²) in [6, 6.07) is -0.489. The maximum Gasteiger partial charge on any atom is 0.323 e. The lowest BCUT2D eigenvalue weighted by Gasteiger charge is -2.36. The third kappa shape index (κ3) is 4.22. The second-order valence-electron chi connectivity index (χ2n) is 4.88. The molecule has 0 aromatic heterocycles. The van der Waals surface area contributed by atoms with Crippen LogP contribution in [0.1, 0.15) is 39.5 Å². The summed E-state index contributed by atoms with van der Waals surface area (Å²) in [6.07, 6.45) is 3.12. The van der Waals surface area contributed by atoms with Crippen molar-refractivity contribution < 1.29 is 19.5 Å². The van der Waals surface area contributed by atoms with E-state index in [1.54, 1.807) is 4.90 Å². The molecule has 1 aliphatic heterocycles. The molecule has 0 aliphatic carbocycles. The summed E-state index contributed by atoms with van der Waals surface area (Å²) >= 11 is 0. The summed E-state index contributed by atoms with van der Waals surface area (Å²) < 4.78 is 0. The molecule has 108 valence electrons. The van der Waals surface area contributed by atoms with E-state index in [2.05, 4.69) is 0 Å². The summed E-state index contributed by atoms with van der Waals surface area (Å²) in [5.74, 6) is -1.38. The predicted octanol–water partition coefficient (Wildman–Crippen LogP) is 0.711. The number of hydrogen-bond donors (Lipinski definition) is 1. The van der Waals surface area contributed by atoms with Crippen molar-refractivity contribution in [2.75, 3.05) is 19.6 Å². The van der Waals surface area contributed by atoms with E-state index in [0.29, 0.717) is 25.9 Å². The van der Waals surface area contributed by atoms with Crippen molar-refractivity contribution in [3.05, 3.63) is 0 Å². The first-order valence-corrected chi connectivity index (χ1v) is 6.75. The van der Waals surface area contributed by atoms with Crippen molar-refractivity contribution in [1.29, 1.82) is 0 Å². The Labute approximate surface area is 113 Å². The quantitative estimate of drug-likeness (QED) is 0.798. The van der Waals surface area contributed by atoms with Crippen molar-refractivity contribution >= 4 is 17.8 Å². The number of aliphatic carboxylic acids is 1. The number of rotatable bonds is 5. The SMILES string of the molecule is CCCN(CC(=O)O)C(=O)C1CCCCN1C(C)=O. The van der Waals surface area contributed by atoms with Gasteiger partial charge in [0.05, 0.1) is 0 Å². The maximum absolute atomic E-state index is 12.4. The minimum absolute atomic E-state index is 0.121. The highest BCUT2D eigenvalue weighted by molar-refractivity contribution is 5.89. The van der Waals surface area contributed by atoms with E-state index in [1.807, 2.05) is 6.92 Å². The summed E-state index contributed by atoms with van der Waals surface area (Å²) in [5.41, 5.74) is 0. The molecule has 1 rings (SSSR count). The second-order valence-corrected chi connectivity index (χ2v) is 4.88. The third-order valence-electron chi connectivity index (χ3n) is 3.32. The van der Waals surface area contributed by atoms with Gasteiger partial charge in [0.2, 0.25) is 11.8 Å². The Kier molecular flexibility index (Phi) is 5.79. The normalized spacial score (nSPS) is 19.1. The molecule has 0 saturated carbocycles. The van der Waals surface area contributed by atoms with Crippen molar-refractivity contribution in [2.24, 2.45) is 0 Å². The summed E-state index contributed by atoms with van der Waals surface area (Å²) in [5, 5.41) is 8.86. The lowest BCUT2D eigenvalue weighted by Crippen LogP contribution is -2.53. The van der Waals surface area contributed by atoms with Crippen LogP contribution in [0.4, 0.5) is 0 Å². The first-order valence-electron chi connectivity index (χ1n) is 6.75. The van der Waals surface area contributed by atoms with Gasteiger partial charge in [-0.1, -0.05) is 6.92 Å². The molecular formula is C13H22N2O4. The molecule has 1 heterocycles. The molecule has 0 aromatic carbocycles. The molecule has 19 heavy (non-hydrogen) atoms. The zero-order chi connectivity index (χ0) is 14.4. The minimum Gasteiger partial charge on any atom is -0.480 e. The maximum atomic E-state index is 12.4. The van der Waals surface area contributed by atoms with Crippen LogP contribution in [0.5, 0.6) is 0 Å². The van der Waals surface area contributed by atoms with Gasteiger partial charge in [-0.3, -0.25) is 14.4 Å². The lowest BCUT2D eigenvalue weighted by molar-refractivity contribution is -0.150. The standard InChI is InChI=1S/C13H22N2O4/c1-3-7-14(9-12(17)18)13(19)11-6-4-5-8-15(11)10(2)16/h11H,3-9H2,1-2H3,(H,17,18). The first-order chi connectivity index (χ1) is 8.97. The average Bonchev–Trinajstić information content (AvgIpc) is 2.37. The number of carbonyl (C=O) groups is 3. The van der Waals surface area contributed by atoms with Crippen LogP contribution >= 0.6 is 0 Å². The highest BCUT2D eigenvalue weighted by Gasteiger charge is 2.33.